The average Bonchev–Trinajstić information content (AvgIpc) is 2.45. The fourth-order valence-electron chi connectivity index (χ4n) is 1.74. The molecule has 0 spiro atoms. The molecular weight excluding hydrogens is 296 g/mol. The van der Waals surface area contributed by atoms with Gasteiger partial charge in [-0.15, -0.1) is 0 Å². The summed E-state index contributed by atoms with van der Waals surface area (Å²) in [4.78, 5) is 12.4. The second kappa shape index (κ2) is 5.94. The van der Waals surface area contributed by atoms with E-state index in [2.05, 4.69) is 4.18 Å². The number of methoxy groups -OCH3 is 1. The standard InChI is InChI=1S/C14H12O6S/c1-19-11-7-8-12(13(9-11)20-21(16,17)18)14(15)10-5-3-2-4-6-10/h2-9H,1H3,(H,16,17,18). The van der Waals surface area contributed by atoms with Crippen molar-refractivity contribution in [2.24, 2.45) is 0 Å². The third-order valence-corrected chi connectivity index (χ3v) is 3.05. The van der Waals surface area contributed by atoms with Gasteiger partial charge < -0.3 is 8.92 Å². The van der Waals surface area contributed by atoms with Gasteiger partial charge in [-0.1, -0.05) is 30.3 Å². The van der Waals surface area contributed by atoms with Crippen LogP contribution in [0.25, 0.3) is 0 Å². The third-order valence-electron chi connectivity index (χ3n) is 2.66. The molecule has 21 heavy (non-hydrogen) atoms. The van der Waals surface area contributed by atoms with Crippen molar-refractivity contribution in [2.75, 3.05) is 7.11 Å². The fraction of sp³-hybridized carbons (Fsp3) is 0.0714. The van der Waals surface area contributed by atoms with Crippen LogP contribution in [-0.2, 0) is 10.4 Å². The Labute approximate surface area is 121 Å². The number of carbonyl (C=O) groups is 1. The second-order valence-electron chi connectivity index (χ2n) is 4.07. The Kier molecular flexibility index (Phi) is 4.25. The van der Waals surface area contributed by atoms with Crippen molar-refractivity contribution < 1.29 is 26.7 Å². The molecule has 0 heterocycles. The average molecular weight is 308 g/mol. The molecule has 0 aliphatic carbocycles. The molecular formula is C14H12O6S. The zero-order valence-electron chi connectivity index (χ0n) is 11.0. The second-order valence-corrected chi connectivity index (χ2v) is 5.09. The van der Waals surface area contributed by atoms with E-state index in [9.17, 15) is 13.2 Å². The van der Waals surface area contributed by atoms with Crippen LogP contribution in [0.1, 0.15) is 15.9 Å². The predicted molar refractivity (Wildman–Crippen MR) is 75.0 cm³/mol. The van der Waals surface area contributed by atoms with Gasteiger partial charge in [0.1, 0.15) is 5.75 Å². The summed E-state index contributed by atoms with van der Waals surface area (Å²) in [5, 5.41) is 0. The Morgan fingerprint density at radius 2 is 1.76 bits per heavy atom. The first-order valence-electron chi connectivity index (χ1n) is 5.85. The first-order chi connectivity index (χ1) is 9.90. The Hall–Kier alpha value is -2.38. The monoisotopic (exact) mass is 308 g/mol. The first-order valence-corrected chi connectivity index (χ1v) is 7.22. The van der Waals surface area contributed by atoms with Crippen molar-refractivity contribution in [2.45, 2.75) is 0 Å². The number of ketones is 1. The third kappa shape index (κ3) is 3.80. The summed E-state index contributed by atoms with van der Waals surface area (Å²) in [5.41, 5.74) is 0.363. The summed E-state index contributed by atoms with van der Waals surface area (Å²) in [5.74, 6) is -0.444. The van der Waals surface area contributed by atoms with Crippen LogP contribution < -0.4 is 8.92 Å². The van der Waals surface area contributed by atoms with Crippen LogP contribution in [0.3, 0.4) is 0 Å². The van der Waals surface area contributed by atoms with Gasteiger partial charge in [0, 0.05) is 11.6 Å². The smallest absolute Gasteiger partial charge is 0.446 e. The molecule has 0 aliphatic heterocycles. The summed E-state index contributed by atoms with van der Waals surface area (Å²) in [6.45, 7) is 0. The van der Waals surface area contributed by atoms with Gasteiger partial charge in [-0.2, -0.15) is 8.42 Å². The van der Waals surface area contributed by atoms with Gasteiger partial charge in [0.25, 0.3) is 0 Å². The van der Waals surface area contributed by atoms with Gasteiger partial charge >= 0.3 is 10.4 Å². The van der Waals surface area contributed by atoms with E-state index in [1.807, 2.05) is 0 Å². The molecule has 0 saturated heterocycles. The highest BCUT2D eigenvalue weighted by Gasteiger charge is 2.19. The Bertz CT molecular complexity index is 752. The molecule has 0 bridgehead atoms. The lowest BCUT2D eigenvalue weighted by Gasteiger charge is -2.10. The molecule has 0 aromatic heterocycles. The molecule has 0 unspecified atom stereocenters. The number of hydrogen-bond donors (Lipinski definition) is 1. The molecule has 0 radical (unpaired) electrons. The zero-order chi connectivity index (χ0) is 15.5. The van der Waals surface area contributed by atoms with Crippen LogP contribution in [0.2, 0.25) is 0 Å². The highest BCUT2D eigenvalue weighted by atomic mass is 32.3. The number of carbonyl (C=O) groups excluding carboxylic acids is 1. The molecule has 110 valence electrons. The molecule has 2 aromatic carbocycles. The van der Waals surface area contributed by atoms with Crippen LogP contribution in [0, 0.1) is 0 Å². The lowest BCUT2D eigenvalue weighted by molar-refractivity contribution is 0.103. The Balaban J connectivity index is 2.50. The van der Waals surface area contributed by atoms with E-state index in [4.69, 9.17) is 9.29 Å². The summed E-state index contributed by atoms with van der Waals surface area (Å²) < 4.78 is 40.0. The van der Waals surface area contributed by atoms with Gasteiger partial charge in [0.2, 0.25) is 0 Å². The molecule has 0 saturated carbocycles. The first kappa shape index (κ1) is 15.0. The summed E-state index contributed by atoms with van der Waals surface area (Å²) in [6.07, 6.45) is 0. The minimum Gasteiger partial charge on any atom is -0.497 e. The van der Waals surface area contributed by atoms with Crippen LogP contribution in [0.5, 0.6) is 11.5 Å². The van der Waals surface area contributed by atoms with Gasteiger partial charge in [-0.25, -0.2) is 0 Å². The van der Waals surface area contributed by atoms with Crippen molar-refractivity contribution in [3.05, 3.63) is 59.7 Å². The lowest BCUT2D eigenvalue weighted by atomic mass is 10.0. The van der Waals surface area contributed by atoms with Gasteiger partial charge in [-0.05, 0) is 12.1 Å². The van der Waals surface area contributed by atoms with Gasteiger partial charge in [-0.3, -0.25) is 9.35 Å². The number of ether oxygens (including phenoxy) is 1. The normalized spacial score (nSPS) is 11.0. The number of benzene rings is 2. The highest BCUT2D eigenvalue weighted by Crippen LogP contribution is 2.28. The van der Waals surface area contributed by atoms with Crippen LogP contribution in [0.4, 0.5) is 0 Å². The van der Waals surface area contributed by atoms with Crippen LogP contribution >= 0.6 is 0 Å². The summed E-state index contributed by atoms with van der Waals surface area (Å²) in [6, 6.07) is 12.4. The maximum Gasteiger partial charge on any atom is 0.446 e. The van der Waals surface area contributed by atoms with Crippen molar-refractivity contribution in [1.82, 2.24) is 0 Å². The van der Waals surface area contributed by atoms with Crippen LogP contribution in [0.15, 0.2) is 48.5 Å². The molecule has 0 aliphatic rings. The Morgan fingerprint density at radius 3 is 2.33 bits per heavy atom. The minimum absolute atomic E-state index is 0.000347. The maximum absolute atomic E-state index is 12.4. The van der Waals surface area contributed by atoms with Crippen LogP contribution in [-0.4, -0.2) is 25.9 Å². The molecule has 1 N–H and O–H groups in total. The van der Waals surface area contributed by atoms with Crippen molar-refractivity contribution in [1.29, 1.82) is 0 Å². The number of rotatable bonds is 5. The van der Waals surface area contributed by atoms with E-state index in [0.717, 1.165) is 0 Å². The van der Waals surface area contributed by atoms with E-state index in [-0.39, 0.29) is 11.3 Å². The minimum atomic E-state index is -4.75. The van der Waals surface area contributed by atoms with Crippen molar-refractivity contribution >= 4 is 16.2 Å². The molecule has 6 nitrogen and oxygen atoms in total. The topological polar surface area (TPSA) is 89.9 Å². The van der Waals surface area contributed by atoms with E-state index in [1.165, 1.54) is 25.3 Å². The maximum atomic E-state index is 12.4. The van der Waals surface area contributed by atoms with Gasteiger partial charge in [0.15, 0.2) is 11.5 Å². The Morgan fingerprint density at radius 1 is 1.10 bits per heavy atom. The molecule has 2 rings (SSSR count). The van der Waals surface area contributed by atoms with Crippen molar-refractivity contribution in [3.8, 4) is 11.5 Å². The molecule has 0 fully saturated rings. The molecule has 0 amide bonds. The zero-order valence-corrected chi connectivity index (χ0v) is 11.8. The molecule has 7 heteroatoms. The fourth-order valence-corrected chi connectivity index (χ4v) is 2.11. The van der Waals surface area contributed by atoms with E-state index in [1.54, 1.807) is 30.3 Å². The van der Waals surface area contributed by atoms with E-state index >= 15 is 0 Å². The largest absolute Gasteiger partial charge is 0.497 e. The SMILES string of the molecule is COc1ccc(C(=O)c2ccccc2)c(OS(=O)(=O)O)c1. The van der Waals surface area contributed by atoms with Crippen molar-refractivity contribution in [3.63, 3.8) is 0 Å². The van der Waals surface area contributed by atoms with E-state index in [0.29, 0.717) is 11.3 Å². The summed E-state index contributed by atoms with van der Waals surface area (Å²) >= 11 is 0. The molecule has 2 aromatic rings. The van der Waals surface area contributed by atoms with E-state index < -0.39 is 16.2 Å². The highest BCUT2D eigenvalue weighted by molar-refractivity contribution is 7.81. The summed E-state index contributed by atoms with van der Waals surface area (Å²) in [7, 11) is -3.37. The quantitative estimate of drug-likeness (QED) is 0.672. The lowest BCUT2D eigenvalue weighted by Crippen LogP contribution is -2.11. The predicted octanol–water partition coefficient (Wildman–Crippen LogP) is 2.11. The van der Waals surface area contributed by atoms with Gasteiger partial charge in [0.05, 0.1) is 12.7 Å². The molecule has 0 atom stereocenters. The number of hydrogen-bond acceptors (Lipinski definition) is 5.